The third kappa shape index (κ3) is 4.43. The van der Waals surface area contributed by atoms with Crippen molar-refractivity contribution in [3.63, 3.8) is 0 Å². The number of hydrazine groups is 1. The maximum absolute atomic E-state index is 12.7. The highest BCUT2D eigenvalue weighted by atomic mass is 19.4. The number of halogens is 3. The van der Waals surface area contributed by atoms with Gasteiger partial charge in [0.25, 0.3) is 0 Å². The summed E-state index contributed by atoms with van der Waals surface area (Å²) < 4.78 is 43.9. The zero-order chi connectivity index (χ0) is 16.2. The van der Waals surface area contributed by atoms with E-state index in [1.54, 1.807) is 6.92 Å². The van der Waals surface area contributed by atoms with Crippen molar-refractivity contribution >= 4 is 0 Å². The number of alkyl halides is 3. The lowest BCUT2D eigenvalue weighted by molar-refractivity contribution is -0.137. The molecule has 0 saturated heterocycles. The highest BCUT2D eigenvalue weighted by Gasteiger charge is 2.32. The standard InChI is InChI=1S/C15H23F3N2O/c1-5-21-14(9(2)3)13(20-19)12-7-6-11(8-10(12)4)15(16,17)18/h6-9,13-14,20H,5,19H2,1-4H3. The highest BCUT2D eigenvalue weighted by molar-refractivity contribution is 5.35. The van der Waals surface area contributed by atoms with Crippen LogP contribution >= 0.6 is 0 Å². The van der Waals surface area contributed by atoms with Crippen LogP contribution in [0.3, 0.4) is 0 Å². The summed E-state index contributed by atoms with van der Waals surface area (Å²) in [6.07, 6.45) is -4.55. The molecule has 1 aromatic carbocycles. The number of ether oxygens (including phenoxy) is 1. The Morgan fingerprint density at radius 1 is 1.29 bits per heavy atom. The lowest BCUT2D eigenvalue weighted by Gasteiger charge is -2.31. The van der Waals surface area contributed by atoms with Gasteiger partial charge in [-0.3, -0.25) is 11.3 Å². The molecule has 0 saturated carbocycles. The molecule has 0 radical (unpaired) electrons. The number of rotatable bonds is 6. The minimum atomic E-state index is -4.34. The molecular weight excluding hydrogens is 281 g/mol. The zero-order valence-electron chi connectivity index (χ0n) is 12.8. The molecule has 0 aliphatic carbocycles. The van der Waals surface area contributed by atoms with Crippen molar-refractivity contribution in [1.82, 2.24) is 5.43 Å². The number of benzene rings is 1. The molecular formula is C15H23F3N2O. The van der Waals surface area contributed by atoms with Gasteiger partial charge in [-0.15, -0.1) is 0 Å². The van der Waals surface area contributed by atoms with Crippen LogP contribution in [0, 0.1) is 12.8 Å². The largest absolute Gasteiger partial charge is 0.416 e. The fourth-order valence-corrected chi connectivity index (χ4v) is 2.43. The van der Waals surface area contributed by atoms with Crippen LogP contribution < -0.4 is 11.3 Å². The Morgan fingerprint density at radius 3 is 2.29 bits per heavy atom. The van der Waals surface area contributed by atoms with Crippen LogP contribution in [0.2, 0.25) is 0 Å². The van der Waals surface area contributed by atoms with Gasteiger partial charge in [0.2, 0.25) is 0 Å². The first kappa shape index (κ1) is 17.9. The van der Waals surface area contributed by atoms with Gasteiger partial charge in [0.1, 0.15) is 0 Å². The third-order valence-electron chi connectivity index (χ3n) is 3.46. The summed E-state index contributed by atoms with van der Waals surface area (Å²) >= 11 is 0. The van der Waals surface area contributed by atoms with E-state index in [2.05, 4.69) is 5.43 Å². The smallest absolute Gasteiger partial charge is 0.376 e. The summed E-state index contributed by atoms with van der Waals surface area (Å²) in [5.74, 6) is 5.79. The molecule has 0 bridgehead atoms. The molecule has 0 heterocycles. The SMILES string of the molecule is CCOC(C(C)C)C(NN)c1ccc(C(F)(F)F)cc1C. The predicted octanol–water partition coefficient (Wildman–Crippen LogP) is 3.58. The fraction of sp³-hybridized carbons (Fsp3) is 0.600. The van der Waals surface area contributed by atoms with E-state index >= 15 is 0 Å². The van der Waals surface area contributed by atoms with Gasteiger partial charge in [-0.2, -0.15) is 13.2 Å². The van der Waals surface area contributed by atoms with Crippen molar-refractivity contribution in [2.75, 3.05) is 6.61 Å². The molecule has 0 amide bonds. The van der Waals surface area contributed by atoms with E-state index in [-0.39, 0.29) is 18.1 Å². The lowest BCUT2D eigenvalue weighted by Crippen LogP contribution is -2.41. The van der Waals surface area contributed by atoms with E-state index in [9.17, 15) is 13.2 Å². The van der Waals surface area contributed by atoms with Gasteiger partial charge in [0.15, 0.2) is 0 Å². The van der Waals surface area contributed by atoms with Crippen LogP contribution in [0.25, 0.3) is 0 Å². The van der Waals surface area contributed by atoms with Gasteiger partial charge in [-0.05, 0) is 43.0 Å². The first-order chi connectivity index (χ1) is 9.72. The van der Waals surface area contributed by atoms with Crippen LogP contribution in [0.1, 0.15) is 43.5 Å². The number of aryl methyl sites for hydroxylation is 1. The summed E-state index contributed by atoms with van der Waals surface area (Å²) in [6, 6.07) is 3.34. The zero-order valence-corrected chi connectivity index (χ0v) is 12.8. The molecule has 0 spiro atoms. The first-order valence-corrected chi connectivity index (χ1v) is 6.97. The van der Waals surface area contributed by atoms with Crippen LogP contribution in [-0.2, 0) is 10.9 Å². The van der Waals surface area contributed by atoms with Crippen molar-refractivity contribution in [1.29, 1.82) is 0 Å². The number of nitrogens with one attached hydrogen (secondary N) is 1. The summed E-state index contributed by atoms with van der Waals surface area (Å²) in [5, 5.41) is 0. The normalized spacial score (nSPS) is 15.3. The topological polar surface area (TPSA) is 47.3 Å². The van der Waals surface area contributed by atoms with Crippen molar-refractivity contribution in [2.45, 2.75) is 46.0 Å². The van der Waals surface area contributed by atoms with E-state index < -0.39 is 11.7 Å². The van der Waals surface area contributed by atoms with E-state index in [4.69, 9.17) is 10.6 Å². The van der Waals surface area contributed by atoms with E-state index in [0.717, 1.165) is 17.7 Å². The Morgan fingerprint density at radius 2 is 1.90 bits per heavy atom. The molecule has 0 aliphatic rings. The number of nitrogens with two attached hydrogens (primary N) is 1. The lowest BCUT2D eigenvalue weighted by atomic mass is 9.90. The quantitative estimate of drug-likeness (QED) is 0.624. The second-order valence-electron chi connectivity index (χ2n) is 5.38. The Kier molecular flexibility index (Phi) is 6.19. The van der Waals surface area contributed by atoms with Crippen molar-refractivity contribution in [3.8, 4) is 0 Å². The van der Waals surface area contributed by atoms with E-state index in [1.807, 2.05) is 20.8 Å². The van der Waals surface area contributed by atoms with Crippen LogP contribution in [0.5, 0.6) is 0 Å². The highest BCUT2D eigenvalue weighted by Crippen LogP contribution is 2.33. The van der Waals surface area contributed by atoms with Gasteiger partial charge >= 0.3 is 6.18 Å². The average molecular weight is 304 g/mol. The summed E-state index contributed by atoms with van der Waals surface area (Å²) in [4.78, 5) is 0. The average Bonchev–Trinajstić information content (AvgIpc) is 2.38. The molecule has 0 aromatic heterocycles. The predicted molar refractivity (Wildman–Crippen MR) is 76.5 cm³/mol. The van der Waals surface area contributed by atoms with Crippen LogP contribution in [0.4, 0.5) is 13.2 Å². The summed E-state index contributed by atoms with van der Waals surface area (Å²) in [5.41, 5.74) is 3.28. The van der Waals surface area contributed by atoms with Gasteiger partial charge < -0.3 is 4.74 Å². The molecule has 0 fully saturated rings. The molecule has 3 nitrogen and oxygen atoms in total. The Hall–Kier alpha value is -1.11. The van der Waals surface area contributed by atoms with Crippen LogP contribution in [-0.4, -0.2) is 12.7 Å². The monoisotopic (exact) mass is 304 g/mol. The second kappa shape index (κ2) is 7.24. The number of hydrogen-bond donors (Lipinski definition) is 2. The molecule has 0 aliphatic heterocycles. The van der Waals surface area contributed by atoms with Gasteiger partial charge in [0.05, 0.1) is 17.7 Å². The third-order valence-corrected chi connectivity index (χ3v) is 3.46. The van der Waals surface area contributed by atoms with Gasteiger partial charge in [-0.25, -0.2) is 0 Å². The summed E-state index contributed by atoms with van der Waals surface area (Å²) in [6.45, 7) is 8.02. The Bertz CT molecular complexity index is 461. The summed E-state index contributed by atoms with van der Waals surface area (Å²) in [7, 11) is 0. The molecule has 3 N–H and O–H groups in total. The molecule has 2 atom stereocenters. The molecule has 1 aromatic rings. The van der Waals surface area contributed by atoms with E-state index in [0.29, 0.717) is 12.2 Å². The molecule has 1 rings (SSSR count). The maximum atomic E-state index is 12.7. The molecule has 120 valence electrons. The van der Waals surface area contributed by atoms with E-state index in [1.165, 1.54) is 6.07 Å². The molecule has 21 heavy (non-hydrogen) atoms. The van der Waals surface area contributed by atoms with Crippen LogP contribution in [0.15, 0.2) is 18.2 Å². The number of hydrogen-bond acceptors (Lipinski definition) is 3. The minimum Gasteiger partial charge on any atom is -0.376 e. The Balaban J connectivity index is 3.16. The first-order valence-electron chi connectivity index (χ1n) is 6.97. The second-order valence-corrected chi connectivity index (χ2v) is 5.38. The maximum Gasteiger partial charge on any atom is 0.416 e. The minimum absolute atomic E-state index is 0.174. The fourth-order valence-electron chi connectivity index (χ4n) is 2.43. The molecule has 6 heteroatoms. The van der Waals surface area contributed by atoms with Crippen molar-refractivity contribution in [3.05, 3.63) is 34.9 Å². The van der Waals surface area contributed by atoms with Crippen molar-refractivity contribution < 1.29 is 17.9 Å². The van der Waals surface area contributed by atoms with Gasteiger partial charge in [0, 0.05) is 6.61 Å². The molecule has 2 unspecified atom stereocenters. The Labute approximate surface area is 123 Å². The van der Waals surface area contributed by atoms with Crippen molar-refractivity contribution in [2.24, 2.45) is 11.8 Å². The van der Waals surface area contributed by atoms with Gasteiger partial charge in [-0.1, -0.05) is 19.9 Å².